The molecular weight excluding hydrogens is 358 g/mol. The first kappa shape index (κ1) is 16.7. The highest BCUT2D eigenvalue weighted by atomic mass is 16.3. The molecule has 2 aliphatic heterocycles. The van der Waals surface area contributed by atoms with Gasteiger partial charge in [-0.3, -0.25) is 9.59 Å². The molecule has 1 fully saturated rings. The first-order valence-electron chi connectivity index (χ1n) is 9.29. The summed E-state index contributed by atoms with van der Waals surface area (Å²) in [6.45, 7) is 1.98. The Morgan fingerprint density at radius 1 is 1.04 bits per heavy atom. The zero-order chi connectivity index (χ0) is 19.1. The van der Waals surface area contributed by atoms with E-state index < -0.39 is 0 Å². The molecule has 0 unspecified atom stereocenters. The summed E-state index contributed by atoms with van der Waals surface area (Å²) in [6, 6.07) is 11.0. The Hall–Kier alpha value is -3.42. The number of amides is 2. The number of nitrogens with zero attached hydrogens (tertiary/aromatic N) is 4. The molecule has 28 heavy (non-hydrogen) atoms. The van der Waals surface area contributed by atoms with Crippen molar-refractivity contribution in [2.75, 3.05) is 18.4 Å². The van der Waals surface area contributed by atoms with Gasteiger partial charge in [0.2, 0.25) is 5.82 Å². The van der Waals surface area contributed by atoms with E-state index in [9.17, 15) is 9.59 Å². The van der Waals surface area contributed by atoms with Gasteiger partial charge in [-0.05, 0) is 30.0 Å². The monoisotopic (exact) mass is 377 g/mol. The lowest BCUT2D eigenvalue weighted by molar-refractivity contribution is 0.0782. The average Bonchev–Trinajstić information content (AvgIpc) is 3.45. The summed E-state index contributed by atoms with van der Waals surface area (Å²) in [6.07, 6.45) is 3.70. The molecule has 2 aliphatic rings. The van der Waals surface area contributed by atoms with E-state index in [2.05, 4.69) is 15.5 Å². The number of fused-ring (bicyclic) bond motifs is 2. The number of hydrogen-bond donors (Lipinski definition) is 1. The zero-order valence-corrected chi connectivity index (χ0v) is 15.1. The van der Waals surface area contributed by atoms with Crippen molar-refractivity contribution < 1.29 is 14.0 Å². The SMILES string of the molecule is O=C(Nc1ccccc1)c1nnc2n1C[C@H]1CN(C(=O)c3ccoc3)C[C@@H]1C2. The van der Waals surface area contributed by atoms with E-state index in [0.29, 0.717) is 43.4 Å². The number of para-hydroxylation sites is 1. The third-order valence-corrected chi connectivity index (χ3v) is 5.56. The summed E-state index contributed by atoms with van der Waals surface area (Å²) in [4.78, 5) is 27.1. The van der Waals surface area contributed by atoms with Crippen LogP contribution in [-0.2, 0) is 13.0 Å². The van der Waals surface area contributed by atoms with Crippen LogP contribution < -0.4 is 5.32 Å². The number of benzene rings is 1. The van der Waals surface area contributed by atoms with Crippen LogP contribution in [0.5, 0.6) is 0 Å². The van der Waals surface area contributed by atoms with Crippen LogP contribution in [0.2, 0.25) is 0 Å². The molecule has 0 aliphatic carbocycles. The topological polar surface area (TPSA) is 93.3 Å². The predicted molar refractivity (Wildman–Crippen MR) is 99.7 cm³/mol. The summed E-state index contributed by atoms with van der Waals surface area (Å²) < 4.78 is 6.92. The predicted octanol–water partition coefficient (Wildman–Crippen LogP) is 2.07. The lowest BCUT2D eigenvalue weighted by Gasteiger charge is -2.25. The molecular formula is C20H19N5O3. The van der Waals surface area contributed by atoms with E-state index in [0.717, 1.165) is 11.5 Å². The van der Waals surface area contributed by atoms with Gasteiger partial charge >= 0.3 is 0 Å². The quantitative estimate of drug-likeness (QED) is 0.754. The van der Waals surface area contributed by atoms with Gasteiger partial charge in [0.1, 0.15) is 12.1 Å². The molecule has 3 aromatic rings. The number of carbonyl (C=O) groups excluding carboxylic acids is 2. The van der Waals surface area contributed by atoms with E-state index in [4.69, 9.17) is 4.42 Å². The lowest BCUT2D eigenvalue weighted by Crippen LogP contribution is -2.31. The maximum Gasteiger partial charge on any atom is 0.293 e. The lowest BCUT2D eigenvalue weighted by atomic mass is 9.89. The highest BCUT2D eigenvalue weighted by molar-refractivity contribution is 6.01. The molecule has 0 saturated carbocycles. The number of hydrogen-bond acceptors (Lipinski definition) is 5. The van der Waals surface area contributed by atoms with Crippen molar-refractivity contribution in [3.8, 4) is 0 Å². The Labute approximate surface area is 161 Å². The minimum absolute atomic E-state index is 0.0130. The fourth-order valence-electron chi connectivity index (χ4n) is 4.14. The normalized spacial score (nSPS) is 20.5. The second-order valence-electron chi connectivity index (χ2n) is 7.32. The van der Waals surface area contributed by atoms with Crippen LogP contribution in [0.25, 0.3) is 0 Å². The minimum Gasteiger partial charge on any atom is -0.472 e. The molecule has 142 valence electrons. The summed E-state index contributed by atoms with van der Waals surface area (Å²) >= 11 is 0. The molecule has 0 bridgehead atoms. The summed E-state index contributed by atoms with van der Waals surface area (Å²) in [5, 5.41) is 11.2. The number of likely N-dealkylation sites (tertiary alicyclic amines) is 1. The fourth-order valence-corrected chi connectivity index (χ4v) is 4.14. The molecule has 1 aromatic carbocycles. The molecule has 5 rings (SSSR count). The van der Waals surface area contributed by atoms with Crippen molar-refractivity contribution in [3.05, 3.63) is 66.1 Å². The van der Waals surface area contributed by atoms with Crippen LogP contribution >= 0.6 is 0 Å². The van der Waals surface area contributed by atoms with Crippen molar-refractivity contribution >= 4 is 17.5 Å². The maximum absolute atomic E-state index is 12.7. The van der Waals surface area contributed by atoms with Crippen molar-refractivity contribution in [3.63, 3.8) is 0 Å². The van der Waals surface area contributed by atoms with Gasteiger partial charge < -0.3 is 19.2 Å². The number of carbonyl (C=O) groups is 2. The van der Waals surface area contributed by atoms with Gasteiger partial charge in [-0.15, -0.1) is 10.2 Å². The highest BCUT2D eigenvalue weighted by Gasteiger charge is 2.41. The van der Waals surface area contributed by atoms with Gasteiger partial charge in [0.15, 0.2) is 0 Å². The number of nitrogens with one attached hydrogen (secondary N) is 1. The molecule has 2 aromatic heterocycles. The highest BCUT2D eigenvalue weighted by Crippen LogP contribution is 2.33. The Balaban J connectivity index is 1.32. The number of furan rings is 1. The molecule has 8 heteroatoms. The van der Waals surface area contributed by atoms with E-state index in [1.54, 1.807) is 6.07 Å². The molecule has 1 saturated heterocycles. The van der Waals surface area contributed by atoms with Crippen LogP contribution in [0.3, 0.4) is 0 Å². The first-order chi connectivity index (χ1) is 13.7. The van der Waals surface area contributed by atoms with Gasteiger partial charge in [0.25, 0.3) is 11.8 Å². The second-order valence-corrected chi connectivity index (χ2v) is 7.32. The van der Waals surface area contributed by atoms with Crippen molar-refractivity contribution in [1.29, 1.82) is 0 Å². The van der Waals surface area contributed by atoms with Gasteiger partial charge in [0, 0.05) is 31.7 Å². The summed E-state index contributed by atoms with van der Waals surface area (Å²) in [7, 11) is 0. The Kier molecular flexibility index (Phi) is 3.96. The van der Waals surface area contributed by atoms with Gasteiger partial charge in [0.05, 0.1) is 11.8 Å². The molecule has 0 spiro atoms. The standard InChI is InChI=1S/C20H19N5O3/c26-19(21-16-4-2-1-3-5-16)18-23-22-17-8-14-9-24(10-15(14)11-25(17)18)20(27)13-6-7-28-12-13/h1-7,12,14-15H,8-11H2,(H,21,26)/t14-,15+/m0/s1. The molecule has 2 atom stereocenters. The van der Waals surface area contributed by atoms with Crippen molar-refractivity contribution in [1.82, 2.24) is 19.7 Å². The molecule has 8 nitrogen and oxygen atoms in total. The molecule has 2 amide bonds. The van der Waals surface area contributed by atoms with Crippen LogP contribution in [0.1, 0.15) is 26.8 Å². The molecule has 4 heterocycles. The fraction of sp³-hybridized carbons (Fsp3) is 0.300. The number of aromatic nitrogens is 3. The second kappa shape index (κ2) is 6.63. The van der Waals surface area contributed by atoms with Crippen LogP contribution in [0, 0.1) is 11.8 Å². The van der Waals surface area contributed by atoms with Crippen LogP contribution in [0.15, 0.2) is 53.3 Å². The van der Waals surface area contributed by atoms with Crippen molar-refractivity contribution in [2.45, 2.75) is 13.0 Å². The molecule has 0 radical (unpaired) electrons. The number of rotatable bonds is 3. The summed E-state index contributed by atoms with van der Waals surface area (Å²) in [5.74, 6) is 1.45. The van der Waals surface area contributed by atoms with E-state index >= 15 is 0 Å². The van der Waals surface area contributed by atoms with E-state index in [1.165, 1.54) is 12.5 Å². The summed E-state index contributed by atoms with van der Waals surface area (Å²) in [5.41, 5.74) is 1.29. The minimum atomic E-state index is -0.271. The third-order valence-electron chi connectivity index (χ3n) is 5.56. The maximum atomic E-state index is 12.7. The largest absolute Gasteiger partial charge is 0.472 e. The Morgan fingerprint density at radius 3 is 2.64 bits per heavy atom. The van der Waals surface area contributed by atoms with Crippen LogP contribution in [0.4, 0.5) is 5.69 Å². The zero-order valence-electron chi connectivity index (χ0n) is 15.1. The number of anilines is 1. The smallest absolute Gasteiger partial charge is 0.293 e. The van der Waals surface area contributed by atoms with Crippen LogP contribution in [-0.4, -0.2) is 44.6 Å². The average molecular weight is 377 g/mol. The van der Waals surface area contributed by atoms with Gasteiger partial charge in [-0.2, -0.15) is 0 Å². The van der Waals surface area contributed by atoms with Crippen molar-refractivity contribution in [2.24, 2.45) is 11.8 Å². The Bertz CT molecular complexity index is 1010. The Morgan fingerprint density at radius 2 is 1.86 bits per heavy atom. The third kappa shape index (κ3) is 2.87. The first-order valence-corrected chi connectivity index (χ1v) is 9.29. The van der Waals surface area contributed by atoms with E-state index in [1.807, 2.05) is 39.8 Å². The van der Waals surface area contributed by atoms with E-state index in [-0.39, 0.29) is 17.7 Å². The molecule has 1 N–H and O–H groups in total. The van der Waals surface area contributed by atoms with Gasteiger partial charge in [-0.25, -0.2) is 0 Å². The van der Waals surface area contributed by atoms with Gasteiger partial charge in [-0.1, -0.05) is 18.2 Å².